The number of carbonyl (C=O) groups is 1. The van der Waals surface area contributed by atoms with Crippen LogP contribution in [0.4, 0.5) is 0 Å². The molecule has 1 heterocycles. The predicted octanol–water partition coefficient (Wildman–Crippen LogP) is 2.08. The maximum absolute atomic E-state index is 12.0. The third-order valence-electron chi connectivity index (χ3n) is 3.66. The van der Waals surface area contributed by atoms with Crippen molar-refractivity contribution in [1.82, 2.24) is 16.2 Å². The summed E-state index contributed by atoms with van der Waals surface area (Å²) < 4.78 is 5.18. The van der Waals surface area contributed by atoms with Gasteiger partial charge in [0, 0.05) is 5.92 Å². The first kappa shape index (κ1) is 14.6. The summed E-state index contributed by atoms with van der Waals surface area (Å²) in [6.07, 6.45) is 2.48. The van der Waals surface area contributed by atoms with Crippen LogP contribution < -0.4 is 16.2 Å². The topological polar surface area (TPSA) is 66.3 Å². The lowest BCUT2D eigenvalue weighted by Crippen LogP contribution is -2.47. The van der Waals surface area contributed by atoms with E-state index in [1.54, 1.807) is 6.26 Å². The van der Waals surface area contributed by atoms with Crippen molar-refractivity contribution >= 4 is 23.2 Å². The number of hydrogen-bond donors (Lipinski definition) is 3. The summed E-state index contributed by atoms with van der Waals surface area (Å²) >= 11 is 5.10. The number of hydrazine groups is 1. The standard InChI is InChI=1S/C16H17N3O2S/c20-15(14-9-13(14)11-5-2-1-3-6-11)18-19-16(22)17-10-12-7-4-8-21-12/h1-8,13-14H,9-10H2,(H,18,20)(H2,17,19,22). The second-order valence-corrected chi connectivity index (χ2v) is 5.64. The highest BCUT2D eigenvalue weighted by Crippen LogP contribution is 2.47. The molecule has 0 spiro atoms. The Hall–Kier alpha value is -2.34. The quantitative estimate of drug-likeness (QED) is 0.595. The van der Waals surface area contributed by atoms with Gasteiger partial charge in [0.25, 0.3) is 0 Å². The van der Waals surface area contributed by atoms with Gasteiger partial charge in [-0.3, -0.25) is 15.6 Å². The molecule has 1 saturated carbocycles. The van der Waals surface area contributed by atoms with Gasteiger partial charge in [-0.2, -0.15) is 0 Å². The number of furan rings is 1. The van der Waals surface area contributed by atoms with Gasteiger partial charge in [-0.15, -0.1) is 0 Å². The second-order valence-electron chi connectivity index (χ2n) is 5.24. The van der Waals surface area contributed by atoms with E-state index >= 15 is 0 Å². The van der Waals surface area contributed by atoms with Crippen molar-refractivity contribution in [2.75, 3.05) is 0 Å². The largest absolute Gasteiger partial charge is 0.467 e. The summed E-state index contributed by atoms with van der Waals surface area (Å²) in [7, 11) is 0. The van der Waals surface area contributed by atoms with Gasteiger partial charge >= 0.3 is 0 Å². The molecule has 1 aliphatic rings. The molecule has 1 aromatic heterocycles. The lowest BCUT2D eigenvalue weighted by Gasteiger charge is -2.10. The average molecular weight is 315 g/mol. The van der Waals surface area contributed by atoms with Gasteiger partial charge in [-0.25, -0.2) is 0 Å². The first-order valence-corrected chi connectivity index (χ1v) is 7.56. The molecule has 2 atom stereocenters. The summed E-state index contributed by atoms with van der Waals surface area (Å²) in [5, 5.41) is 3.32. The summed E-state index contributed by atoms with van der Waals surface area (Å²) in [6.45, 7) is 0.477. The first-order valence-electron chi connectivity index (χ1n) is 7.15. The van der Waals surface area contributed by atoms with Gasteiger partial charge in [-0.05, 0) is 42.3 Å². The minimum Gasteiger partial charge on any atom is -0.467 e. The molecule has 0 aliphatic heterocycles. The fraction of sp³-hybridized carbons (Fsp3) is 0.250. The van der Waals surface area contributed by atoms with E-state index in [-0.39, 0.29) is 11.8 Å². The normalized spacial score (nSPS) is 19.3. The number of rotatable bonds is 4. The smallest absolute Gasteiger partial charge is 0.242 e. The molecule has 3 rings (SSSR count). The molecule has 5 nitrogen and oxygen atoms in total. The van der Waals surface area contributed by atoms with E-state index in [1.807, 2.05) is 30.3 Å². The van der Waals surface area contributed by atoms with Gasteiger partial charge in [0.05, 0.1) is 12.8 Å². The number of nitrogens with one attached hydrogen (secondary N) is 3. The number of benzene rings is 1. The minimum absolute atomic E-state index is 0.0165. The summed E-state index contributed by atoms with van der Waals surface area (Å²) in [4.78, 5) is 12.0. The average Bonchev–Trinajstić information content (AvgIpc) is 3.19. The van der Waals surface area contributed by atoms with Gasteiger partial charge in [-0.1, -0.05) is 30.3 Å². The zero-order valence-corrected chi connectivity index (χ0v) is 12.7. The van der Waals surface area contributed by atoms with Crippen molar-refractivity contribution in [1.29, 1.82) is 0 Å². The fourth-order valence-electron chi connectivity index (χ4n) is 2.39. The van der Waals surface area contributed by atoms with Crippen LogP contribution in [0.5, 0.6) is 0 Å². The molecule has 0 radical (unpaired) electrons. The number of amides is 1. The van der Waals surface area contributed by atoms with Crippen molar-refractivity contribution in [3.8, 4) is 0 Å². The van der Waals surface area contributed by atoms with Crippen molar-refractivity contribution in [2.24, 2.45) is 5.92 Å². The molecule has 6 heteroatoms. The van der Waals surface area contributed by atoms with Crippen LogP contribution in [-0.2, 0) is 11.3 Å². The van der Waals surface area contributed by atoms with E-state index in [4.69, 9.17) is 16.6 Å². The third-order valence-corrected chi connectivity index (χ3v) is 3.90. The third kappa shape index (κ3) is 3.65. The highest BCUT2D eigenvalue weighted by molar-refractivity contribution is 7.80. The van der Waals surface area contributed by atoms with Crippen molar-refractivity contribution < 1.29 is 9.21 Å². The Labute approximate surface area is 134 Å². The highest BCUT2D eigenvalue weighted by atomic mass is 32.1. The SMILES string of the molecule is O=C(NNC(=S)NCc1ccco1)C1CC1c1ccccc1. The van der Waals surface area contributed by atoms with Crippen molar-refractivity contribution in [2.45, 2.75) is 18.9 Å². The molecule has 3 N–H and O–H groups in total. The van der Waals surface area contributed by atoms with Gasteiger partial charge < -0.3 is 9.73 Å². The summed E-state index contributed by atoms with van der Waals surface area (Å²) in [5.41, 5.74) is 6.58. The minimum atomic E-state index is -0.0315. The molecule has 0 saturated heterocycles. The molecule has 0 bridgehead atoms. The lowest BCUT2D eigenvalue weighted by atomic mass is 10.1. The van der Waals surface area contributed by atoms with E-state index in [0.29, 0.717) is 17.6 Å². The highest BCUT2D eigenvalue weighted by Gasteiger charge is 2.43. The molecule has 114 valence electrons. The van der Waals surface area contributed by atoms with E-state index < -0.39 is 0 Å². The molecule has 1 aliphatic carbocycles. The summed E-state index contributed by atoms with van der Waals surface area (Å²) in [5.74, 6) is 1.08. The van der Waals surface area contributed by atoms with Crippen LogP contribution in [-0.4, -0.2) is 11.0 Å². The van der Waals surface area contributed by atoms with Crippen LogP contribution in [0.2, 0.25) is 0 Å². The second kappa shape index (κ2) is 6.62. The Kier molecular flexibility index (Phi) is 4.39. The van der Waals surface area contributed by atoms with Crippen LogP contribution in [0.15, 0.2) is 53.1 Å². The van der Waals surface area contributed by atoms with Crippen molar-refractivity contribution in [3.63, 3.8) is 0 Å². The molecular formula is C16H17N3O2S. The number of thiocarbonyl (C=S) groups is 1. The van der Waals surface area contributed by atoms with E-state index in [1.165, 1.54) is 5.56 Å². The fourth-order valence-corrected chi connectivity index (χ4v) is 2.51. The van der Waals surface area contributed by atoms with E-state index in [0.717, 1.165) is 12.2 Å². The molecule has 2 aromatic rings. The van der Waals surface area contributed by atoms with Crippen molar-refractivity contribution in [3.05, 3.63) is 60.1 Å². The van der Waals surface area contributed by atoms with Crippen LogP contribution in [0.25, 0.3) is 0 Å². The maximum atomic E-state index is 12.0. The molecular weight excluding hydrogens is 298 g/mol. The van der Waals surface area contributed by atoms with Gasteiger partial charge in [0.2, 0.25) is 5.91 Å². The van der Waals surface area contributed by atoms with E-state index in [2.05, 4.69) is 28.3 Å². The Morgan fingerprint density at radius 3 is 2.73 bits per heavy atom. The zero-order chi connectivity index (χ0) is 15.4. The van der Waals surface area contributed by atoms with Crippen LogP contribution in [0.3, 0.4) is 0 Å². The Morgan fingerprint density at radius 2 is 2.00 bits per heavy atom. The Balaban J connectivity index is 1.39. The van der Waals surface area contributed by atoms with E-state index in [9.17, 15) is 4.79 Å². The predicted molar refractivity (Wildman–Crippen MR) is 86.7 cm³/mol. The van der Waals surface area contributed by atoms with Gasteiger partial charge in [0.15, 0.2) is 5.11 Å². The van der Waals surface area contributed by atoms with Crippen LogP contribution in [0, 0.1) is 5.92 Å². The monoisotopic (exact) mass is 315 g/mol. The molecule has 1 aromatic carbocycles. The maximum Gasteiger partial charge on any atom is 0.242 e. The Bertz CT molecular complexity index is 643. The first-order chi connectivity index (χ1) is 10.7. The molecule has 2 unspecified atom stereocenters. The zero-order valence-electron chi connectivity index (χ0n) is 11.9. The molecule has 22 heavy (non-hydrogen) atoms. The van der Waals surface area contributed by atoms with Crippen LogP contribution >= 0.6 is 12.2 Å². The summed E-state index contributed by atoms with van der Waals surface area (Å²) in [6, 6.07) is 13.7. The van der Waals surface area contributed by atoms with Gasteiger partial charge in [0.1, 0.15) is 5.76 Å². The van der Waals surface area contributed by atoms with Crippen LogP contribution in [0.1, 0.15) is 23.7 Å². The number of carbonyl (C=O) groups excluding carboxylic acids is 1. The molecule has 1 amide bonds. The Morgan fingerprint density at radius 1 is 1.18 bits per heavy atom. The molecule has 1 fully saturated rings. The lowest BCUT2D eigenvalue weighted by molar-refractivity contribution is -0.122. The number of hydrogen-bond acceptors (Lipinski definition) is 3.